The van der Waals surface area contributed by atoms with Crippen LogP contribution in [0.1, 0.15) is 49.9 Å². The van der Waals surface area contributed by atoms with Crippen LogP contribution in [0.15, 0.2) is 133 Å². The lowest BCUT2D eigenvalue weighted by Crippen LogP contribution is -2.41. The van der Waals surface area contributed by atoms with Gasteiger partial charge in [-0.3, -0.25) is 0 Å². The van der Waals surface area contributed by atoms with Gasteiger partial charge in [0, 0.05) is 16.3 Å². The number of pyridine rings is 1. The van der Waals surface area contributed by atoms with Crippen molar-refractivity contribution in [2.24, 2.45) is 0 Å². The van der Waals surface area contributed by atoms with E-state index in [0.29, 0.717) is 0 Å². The minimum absolute atomic E-state index is 0.387. The van der Waals surface area contributed by atoms with Gasteiger partial charge in [0.05, 0.1) is 27.8 Å². The van der Waals surface area contributed by atoms with Crippen molar-refractivity contribution < 1.29 is 9.31 Å². The average molecular weight is 620 g/mol. The molecule has 1 aliphatic heterocycles. The highest BCUT2D eigenvalue weighted by molar-refractivity contribution is 6.62. The van der Waals surface area contributed by atoms with Gasteiger partial charge in [-0.1, -0.05) is 115 Å². The zero-order chi connectivity index (χ0) is 32.4. The normalized spacial score (nSPS) is 17.5. The molecular weight excluding hydrogens is 585 g/mol. The van der Waals surface area contributed by atoms with Crippen molar-refractivity contribution in [2.75, 3.05) is 0 Å². The first-order valence-corrected chi connectivity index (χ1v) is 16.9. The molecule has 6 aromatic carbocycles. The fourth-order valence-corrected chi connectivity index (χ4v) is 8.53. The minimum atomic E-state index is -0.404. The Balaban J connectivity index is 1.23. The quantitative estimate of drug-likeness (QED) is 0.143. The second-order valence-electron chi connectivity index (χ2n) is 14.5. The minimum Gasteiger partial charge on any atom is -0.399 e. The maximum absolute atomic E-state index is 6.37. The molecule has 1 aromatic heterocycles. The molecule has 48 heavy (non-hydrogen) atoms. The molecule has 1 fully saturated rings. The first-order chi connectivity index (χ1) is 23.3. The molecule has 3 nitrogen and oxygen atoms in total. The Labute approximate surface area is 281 Å². The van der Waals surface area contributed by atoms with Crippen molar-refractivity contribution in [1.29, 1.82) is 0 Å². The fourth-order valence-electron chi connectivity index (χ4n) is 8.53. The van der Waals surface area contributed by atoms with Crippen LogP contribution in [0.3, 0.4) is 0 Å². The summed E-state index contributed by atoms with van der Waals surface area (Å²) in [6, 6.07) is 49.0. The number of nitrogens with zero attached hydrogens (tertiary/aromatic N) is 1. The van der Waals surface area contributed by atoms with Crippen LogP contribution in [0.4, 0.5) is 0 Å². The number of aromatic nitrogens is 1. The lowest BCUT2D eigenvalue weighted by molar-refractivity contribution is 0.00578. The lowest BCUT2D eigenvalue weighted by Gasteiger charge is -2.32. The van der Waals surface area contributed by atoms with Crippen molar-refractivity contribution in [3.63, 3.8) is 0 Å². The number of hydrogen-bond acceptors (Lipinski definition) is 3. The Morgan fingerprint density at radius 3 is 1.60 bits per heavy atom. The number of benzene rings is 6. The van der Waals surface area contributed by atoms with Crippen molar-refractivity contribution in [2.45, 2.75) is 44.3 Å². The summed E-state index contributed by atoms with van der Waals surface area (Å²) >= 11 is 0. The summed E-state index contributed by atoms with van der Waals surface area (Å²) in [5.74, 6) is 0. The van der Waals surface area contributed by atoms with Gasteiger partial charge in [0.25, 0.3) is 0 Å². The van der Waals surface area contributed by atoms with Crippen LogP contribution < -0.4 is 5.46 Å². The molecule has 0 amide bonds. The Hall–Kier alpha value is -5.03. The Bertz CT molecular complexity index is 2420. The smallest absolute Gasteiger partial charge is 0.399 e. The van der Waals surface area contributed by atoms with Gasteiger partial charge in [-0.15, -0.1) is 0 Å². The fraction of sp³-hybridized carbons (Fsp3) is 0.159. The van der Waals surface area contributed by atoms with Crippen LogP contribution in [-0.4, -0.2) is 23.3 Å². The molecule has 2 heterocycles. The predicted molar refractivity (Wildman–Crippen MR) is 197 cm³/mol. The van der Waals surface area contributed by atoms with Crippen LogP contribution >= 0.6 is 0 Å². The van der Waals surface area contributed by atoms with Crippen LogP contribution in [0.25, 0.3) is 55.2 Å². The molecule has 0 atom stereocenters. The molecule has 0 saturated carbocycles. The second kappa shape index (κ2) is 9.53. The number of para-hydroxylation sites is 1. The molecule has 0 unspecified atom stereocenters. The zero-order valence-corrected chi connectivity index (χ0v) is 27.5. The molecule has 0 N–H and O–H groups in total. The van der Waals surface area contributed by atoms with Crippen LogP contribution in [-0.2, 0) is 14.7 Å². The summed E-state index contributed by atoms with van der Waals surface area (Å²) in [7, 11) is -0.404. The van der Waals surface area contributed by atoms with Crippen LogP contribution in [0.2, 0.25) is 0 Å². The standard InChI is InChI=1S/C44H34BNO2/c1-42(2)43(3,4)48-45(47-42)28-23-21-27(22-24-28)41-35-25-34-31-15-7-11-19-38(31)44(39(34)26-33(35)32-16-8-12-20-40(32)46-41)36-17-9-5-13-29(36)30-14-6-10-18-37(30)44/h5-26H,1-4H3. The van der Waals surface area contributed by atoms with Gasteiger partial charge in [0.2, 0.25) is 0 Å². The summed E-state index contributed by atoms with van der Waals surface area (Å²) in [5.41, 5.74) is 13.5. The van der Waals surface area contributed by atoms with Gasteiger partial charge >= 0.3 is 7.12 Å². The maximum atomic E-state index is 6.37. The summed E-state index contributed by atoms with van der Waals surface area (Å²) in [4.78, 5) is 5.33. The molecule has 10 rings (SSSR count). The second-order valence-corrected chi connectivity index (χ2v) is 14.5. The van der Waals surface area contributed by atoms with Gasteiger partial charge in [0.15, 0.2) is 0 Å². The van der Waals surface area contributed by atoms with E-state index in [9.17, 15) is 0 Å². The summed E-state index contributed by atoms with van der Waals surface area (Å²) < 4.78 is 12.7. The third kappa shape index (κ3) is 3.54. The van der Waals surface area contributed by atoms with Gasteiger partial charge < -0.3 is 9.31 Å². The first kappa shape index (κ1) is 28.0. The van der Waals surface area contributed by atoms with E-state index in [4.69, 9.17) is 14.3 Å². The first-order valence-electron chi connectivity index (χ1n) is 16.9. The van der Waals surface area contributed by atoms with Gasteiger partial charge in [0.1, 0.15) is 0 Å². The molecule has 0 bridgehead atoms. The van der Waals surface area contributed by atoms with Gasteiger partial charge in [-0.2, -0.15) is 0 Å². The van der Waals surface area contributed by atoms with Gasteiger partial charge in [-0.05, 0) is 101 Å². The van der Waals surface area contributed by atoms with Crippen molar-refractivity contribution in [1.82, 2.24) is 4.98 Å². The lowest BCUT2D eigenvalue weighted by atomic mass is 9.70. The maximum Gasteiger partial charge on any atom is 0.494 e. The molecule has 4 heteroatoms. The van der Waals surface area contributed by atoms with E-state index in [1.54, 1.807) is 0 Å². The summed E-state index contributed by atoms with van der Waals surface area (Å²) in [5, 5.41) is 3.54. The monoisotopic (exact) mass is 619 g/mol. The molecule has 7 aromatic rings. The Morgan fingerprint density at radius 2 is 1.00 bits per heavy atom. The predicted octanol–water partition coefficient (Wildman–Crippen LogP) is 9.70. The summed E-state index contributed by atoms with van der Waals surface area (Å²) in [6.07, 6.45) is 0. The Kier molecular flexibility index (Phi) is 5.57. The van der Waals surface area contributed by atoms with Crippen LogP contribution in [0.5, 0.6) is 0 Å². The largest absolute Gasteiger partial charge is 0.494 e. The average Bonchev–Trinajstić information content (AvgIpc) is 3.66. The van der Waals surface area contributed by atoms with E-state index in [1.165, 1.54) is 55.3 Å². The molecule has 230 valence electrons. The van der Waals surface area contributed by atoms with E-state index in [1.807, 2.05) is 0 Å². The van der Waals surface area contributed by atoms with E-state index in [0.717, 1.165) is 27.6 Å². The van der Waals surface area contributed by atoms with Crippen LogP contribution in [0, 0.1) is 0 Å². The highest BCUT2D eigenvalue weighted by Gasteiger charge is 2.53. The topological polar surface area (TPSA) is 31.4 Å². The molecule has 3 aliphatic rings. The highest BCUT2D eigenvalue weighted by atomic mass is 16.7. The van der Waals surface area contributed by atoms with E-state index < -0.39 is 7.12 Å². The number of rotatable bonds is 2. The third-order valence-corrected chi connectivity index (χ3v) is 11.5. The molecule has 1 spiro atoms. The van der Waals surface area contributed by atoms with E-state index in [2.05, 4.69) is 161 Å². The number of hydrogen-bond donors (Lipinski definition) is 0. The molecule has 0 radical (unpaired) electrons. The number of fused-ring (bicyclic) bond motifs is 13. The van der Waals surface area contributed by atoms with Crippen molar-refractivity contribution in [3.05, 3.63) is 156 Å². The molecule has 1 saturated heterocycles. The zero-order valence-electron chi connectivity index (χ0n) is 27.5. The highest BCUT2D eigenvalue weighted by Crippen LogP contribution is 2.63. The summed E-state index contributed by atoms with van der Waals surface area (Å²) in [6.45, 7) is 8.37. The van der Waals surface area contributed by atoms with Crippen molar-refractivity contribution >= 4 is 34.3 Å². The Morgan fingerprint density at radius 1 is 0.479 bits per heavy atom. The van der Waals surface area contributed by atoms with E-state index >= 15 is 0 Å². The SMILES string of the molecule is CC1(C)OB(c2ccc(-c3nc4ccccc4c4cc5c(cc34)-c3ccccc3C53c4ccccc4-c4ccccc43)cc2)OC1(C)C. The van der Waals surface area contributed by atoms with Gasteiger partial charge in [-0.25, -0.2) is 4.98 Å². The molecular formula is C44H34BNO2. The van der Waals surface area contributed by atoms with E-state index in [-0.39, 0.29) is 16.6 Å². The molecule has 2 aliphatic carbocycles. The van der Waals surface area contributed by atoms with Crippen molar-refractivity contribution in [3.8, 4) is 33.5 Å². The third-order valence-electron chi connectivity index (χ3n) is 11.5.